The van der Waals surface area contributed by atoms with E-state index in [0.717, 1.165) is 38.9 Å². The van der Waals surface area contributed by atoms with Crippen molar-refractivity contribution in [2.75, 3.05) is 45.6 Å². The molecule has 2 aliphatic rings. The van der Waals surface area contributed by atoms with Gasteiger partial charge < -0.3 is 15.0 Å². The Bertz CT molecular complexity index is 501. The Labute approximate surface area is 147 Å². The first-order valence-corrected chi connectivity index (χ1v) is 10.7. The maximum atomic E-state index is 11.7. The average Bonchev–Trinajstić information content (AvgIpc) is 3.33. The number of sulfonamides is 1. The van der Waals surface area contributed by atoms with E-state index < -0.39 is 10.0 Å². The van der Waals surface area contributed by atoms with Crippen LogP contribution >= 0.6 is 0 Å². The summed E-state index contributed by atoms with van der Waals surface area (Å²) in [5.41, 5.74) is 1.38. The summed E-state index contributed by atoms with van der Waals surface area (Å²) in [6.07, 6.45) is 4.61. The monoisotopic (exact) mass is 359 g/mol. The third-order valence-corrected chi connectivity index (χ3v) is 6.46. The van der Waals surface area contributed by atoms with Crippen LogP contribution in [-0.2, 0) is 14.8 Å². The number of hydrogen-bond donors (Lipinski definition) is 2. The van der Waals surface area contributed by atoms with Crippen molar-refractivity contribution in [1.82, 2.24) is 14.9 Å². The lowest BCUT2D eigenvalue weighted by Crippen LogP contribution is -2.45. The predicted octanol–water partition coefficient (Wildman–Crippen LogP) is 0.961. The van der Waals surface area contributed by atoms with Crippen LogP contribution in [0.2, 0.25) is 0 Å². The van der Waals surface area contributed by atoms with Crippen molar-refractivity contribution in [2.45, 2.75) is 44.7 Å². The molecule has 1 aliphatic heterocycles. The summed E-state index contributed by atoms with van der Waals surface area (Å²) in [5.74, 6) is 0.718. The highest BCUT2D eigenvalue weighted by Gasteiger charge is 2.39. The van der Waals surface area contributed by atoms with Crippen molar-refractivity contribution in [2.24, 2.45) is 5.92 Å². The van der Waals surface area contributed by atoms with Crippen LogP contribution in [0.15, 0.2) is 12.2 Å². The van der Waals surface area contributed by atoms with Gasteiger partial charge in [0, 0.05) is 32.3 Å². The highest BCUT2D eigenvalue weighted by atomic mass is 32.2. The molecular formula is C17H33N3O3S. The number of likely N-dealkylation sites (tertiary alicyclic amines) is 1. The smallest absolute Gasteiger partial charge is 0.213 e. The van der Waals surface area contributed by atoms with Gasteiger partial charge in [0.2, 0.25) is 10.0 Å². The van der Waals surface area contributed by atoms with Crippen LogP contribution in [0.3, 0.4) is 0 Å². The summed E-state index contributed by atoms with van der Waals surface area (Å²) in [5, 5.41) is 3.77. The fourth-order valence-electron chi connectivity index (χ4n) is 3.34. The standard InChI is InChI=1S/C17H33N3O3S/c1-4-14(2)16-13-17(16)19-15-5-8-20(9-6-15)10-7-18-24(21,22)12-11-23-3/h15-19H,2,4-13H2,1,3H3/t16-,17+/m1/s1. The zero-order chi connectivity index (χ0) is 17.6. The lowest BCUT2D eigenvalue weighted by atomic mass is 10.0. The third-order valence-electron chi connectivity index (χ3n) is 5.11. The van der Waals surface area contributed by atoms with Gasteiger partial charge in [-0.25, -0.2) is 13.1 Å². The van der Waals surface area contributed by atoms with Crippen molar-refractivity contribution >= 4 is 10.0 Å². The molecule has 0 aromatic heterocycles. The molecule has 0 bridgehead atoms. The minimum Gasteiger partial charge on any atom is -0.384 e. The van der Waals surface area contributed by atoms with Crippen LogP contribution < -0.4 is 10.0 Å². The van der Waals surface area contributed by atoms with Crippen LogP contribution in [0.25, 0.3) is 0 Å². The molecule has 6 nitrogen and oxygen atoms in total. The van der Waals surface area contributed by atoms with Crippen LogP contribution in [0, 0.1) is 5.92 Å². The van der Waals surface area contributed by atoms with Crippen molar-refractivity contribution in [3.05, 3.63) is 12.2 Å². The molecule has 1 saturated carbocycles. The normalized spacial score (nSPS) is 25.8. The second kappa shape index (κ2) is 9.29. The molecule has 0 spiro atoms. The van der Waals surface area contributed by atoms with Crippen LogP contribution in [0.5, 0.6) is 0 Å². The van der Waals surface area contributed by atoms with E-state index in [1.807, 2.05) is 0 Å². The van der Waals surface area contributed by atoms with Gasteiger partial charge in [-0.3, -0.25) is 0 Å². The largest absolute Gasteiger partial charge is 0.384 e. The van der Waals surface area contributed by atoms with Gasteiger partial charge in [-0.05, 0) is 44.7 Å². The molecule has 0 unspecified atom stereocenters. The van der Waals surface area contributed by atoms with Crippen LogP contribution in [0.1, 0.15) is 32.6 Å². The van der Waals surface area contributed by atoms with Crippen LogP contribution in [-0.4, -0.2) is 71.0 Å². The average molecular weight is 360 g/mol. The number of rotatable bonds is 11. The Morgan fingerprint density at radius 3 is 2.67 bits per heavy atom. The molecule has 1 aliphatic carbocycles. The second-order valence-corrected chi connectivity index (χ2v) is 8.88. The van der Waals surface area contributed by atoms with Gasteiger partial charge in [0.25, 0.3) is 0 Å². The van der Waals surface area contributed by atoms with E-state index in [2.05, 4.69) is 28.4 Å². The second-order valence-electron chi connectivity index (χ2n) is 6.95. The Balaban J connectivity index is 1.57. The van der Waals surface area contributed by atoms with Crippen molar-refractivity contribution in [3.8, 4) is 0 Å². The van der Waals surface area contributed by atoms with E-state index in [9.17, 15) is 8.42 Å². The summed E-state index contributed by atoms with van der Waals surface area (Å²) in [6, 6.07) is 1.24. The summed E-state index contributed by atoms with van der Waals surface area (Å²) in [7, 11) is -1.69. The van der Waals surface area contributed by atoms with E-state index in [1.165, 1.54) is 19.1 Å². The fourth-order valence-corrected chi connectivity index (χ4v) is 4.28. The van der Waals surface area contributed by atoms with Gasteiger partial charge in [-0.1, -0.05) is 19.1 Å². The number of ether oxygens (including phenoxy) is 1. The SMILES string of the molecule is C=C(CC)[C@H]1C[C@@H]1NC1CCN(CCNS(=O)(=O)CCOC)CC1. The molecule has 2 fully saturated rings. The Kier molecular flexibility index (Phi) is 7.68. The number of piperidine rings is 1. The summed E-state index contributed by atoms with van der Waals surface area (Å²) in [6.45, 7) is 9.88. The topological polar surface area (TPSA) is 70.7 Å². The zero-order valence-electron chi connectivity index (χ0n) is 15.1. The van der Waals surface area contributed by atoms with E-state index in [-0.39, 0.29) is 12.4 Å². The molecule has 1 heterocycles. The van der Waals surface area contributed by atoms with Gasteiger partial charge in [-0.2, -0.15) is 0 Å². The molecule has 0 aromatic rings. The Morgan fingerprint density at radius 2 is 2.04 bits per heavy atom. The lowest BCUT2D eigenvalue weighted by molar-refractivity contribution is 0.199. The maximum absolute atomic E-state index is 11.7. The molecule has 2 N–H and O–H groups in total. The molecule has 1 saturated heterocycles. The van der Waals surface area contributed by atoms with Gasteiger partial charge in [-0.15, -0.1) is 0 Å². The molecule has 2 rings (SSSR count). The molecular weight excluding hydrogens is 326 g/mol. The summed E-state index contributed by atoms with van der Waals surface area (Å²) in [4.78, 5) is 2.34. The first-order valence-electron chi connectivity index (χ1n) is 9.07. The van der Waals surface area contributed by atoms with E-state index >= 15 is 0 Å². The number of hydrogen-bond acceptors (Lipinski definition) is 5. The predicted molar refractivity (Wildman–Crippen MR) is 97.6 cm³/mol. The Hall–Kier alpha value is -0.470. The Morgan fingerprint density at radius 1 is 1.33 bits per heavy atom. The quantitative estimate of drug-likeness (QED) is 0.538. The van der Waals surface area contributed by atoms with Gasteiger partial charge in [0.15, 0.2) is 0 Å². The van der Waals surface area contributed by atoms with E-state index in [0.29, 0.717) is 24.5 Å². The molecule has 0 aromatic carbocycles. The van der Waals surface area contributed by atoms with Crippen molar-refractivity contribution in [1.29, 1.82) is 0 Å². The molecule has 140 valence electrons. The van der Waals surface area contributed by atoms with Crippen molar-refractivity contribution < 1.29 is 13.2 Å². The molecule has 0 radical (unpaired) electrons. The summed E-state index contributed by atoms with van der Waals surface area (Å²) < 4.78 is 30.8. The first-order chi connectivity index (χ1) is 11.4. The third kappa shape index (κ3) is 6.44. The molecule has 2 atom stereocenters. The molecule has 24 heavy (non-hydrogen) atoms. The fraction of sp³-hybridized carbons (Fsp3) is 0.882. The maximum Gasteiger partial charge on any atom is 0.213 e. The van der Waals surface area contributed by atoms with Gasteiger partial charge >= 0.3 is 0 Å². The number of nitrogens with zero attached hydrogens (tertiary/aromatic N) is 1. The van der Waals surface area contributed by atoms with Crippen LogP contribution in [0.4, 0.5) is 0 Å². The number of nitrogens with one attached hydrogen (secondary N) is 2. The highest BCUT2D eigenvalue weighted by molar-refractivity contribution is 7.89. The minimum atomic E-state index is -3.20. The lowest BCUT2D eigenvalue weighted by Gasteiger charge is -2.32. The van der Waals surface area contributed by atoms with Gasteiger partial charge in [0.1, 0.15) is 0 Å². The van der Waals surface area contributed by atoms with Crippen molar-refractivity contribution in [3.63, 3.8) is 0 Å². The van der Waals surface area contributed by atoms with E-state index in [4.69, 9.17) is 4.74 Å². The zero-order valence-corrected chi connectivity index (χ0v) is 15.9. The molecule has 7 heteroatoms. The first kappa shape index (κ1) is 19.8. The minimum absolute atomic E-state index is 0.0289. The molecule has 0 amide bonds. The summed E-state index contributed by atoms with van der Waals surface area (Å²) >= 11 is 0. The highest BCUT2D eigenvalue weighted by Crippen LogP contribution is 2.38. The van der Waals surface area contributed by atoms with Gasteiger partial charge in [0.05, 0.1) is 12.4 Å². The van der Waals surface area contributed by atoms with E-state index in [1.54, 1.807) is 0 Å². The number of methoxy groups -OCH3 is 1.